The molecule has 0 aliphatic rings. The third-order valence-corrected chi connectivity index (χ3v) is 4.62. The second-order valence-corrected chi connectivity index (χ2v) is 6.70. The van der Waals surface area contributed by atoms with Gasteiger partial charge in [-0.05, 0) is 12.5 Å². The number of hydrogen-bond acceptors (Lipinski definition) is 6. The van der Waals surface area contributed by atoms with E-state index in [2.05, 4.69) is 33.2 Å². The molecule has 0 spiro atoms. The first-order valence-electron chi connectivity index (χ1n) is 9.04. The monoisotopic (exact) mass is 372 g/mol. The SMILES string of the molecule is CCCN(C)c1ncc(-c2cc(-c3cnn(C)c3)cn3ncc(C#N)c23)cn1. The van der Waals surface area contributed by atoms with E-state index in [4.69, 9.17) is 0 Å². The summed E-state index contributed by atoms with van der Waals surface area (Å²) in [4.78, 5) is 11.0. The number of fused-ring (bicyclic) bond motifs is 1. The van der Waals surface area contributed by atoms with E-state index >= 15 is 0 Å². The Hall–Kier alpha value is -3.73. The molecule has 0 aliphatic heterocycles. The van der Waals surface area contributed by atoms with Crippen molar-refractivity contribution in [3.63, 3.8) is 0 Å². The fourth-order valence-electron chi connectivity index (χ4n) is 3.24. The van der Waals surface area contributed by atoms with Crippen LogP contribution in [0.1, 0.15) is 18.9 Å². The molecule has 0 saturated carbocycles. The van der Waals surface area contributed by atoms with E-state index in [0.29, 0.717) is 11.5 Å². The van der Waals surface area contributed by atoms with Gasteiger partial charge in [-0.3, -0.25) is 4.68 Å². The molecule has 8 nitrogen and oxygen atoms in total. The van der Waals surface area contributed by atoms with Gasteiger partial charge in [-0.25, -0.2) is 14.5 Å². The molecule has 0 aromatic carbocycles. The molecular formula is C20H20N8. The predicted molar refractivity (Wildman–Crippen MR) is 107 cm³/mol. The van der Waals surface area contributed by atoms with Crippen LogP contribution in [0.4, 0.5) is 5.95 Å². The lowest BCUT2D eigenvalue weighted by Crippen LogP contribution is -2.20. The zero-order valence-corrected chi connectivity index (χ0v) is 16.0. The lowest BCUT2D eigenvalue weighted by atomic mass is 10.0. The summed E-state index contributed by atoms with van der Waals surface area (Å²) in [5.74, 6) is 0.680. The molecule has 4 aromatic rings. The van der Waals surface area contributed by atoms with Gasteiger partial charge in [0.15, 0.2) is 0 Å². The number of nitriles is 1. The number of anilines is 1. The Morgan fingerprint density at radius 3 is 2.46 bits per heavy atom. The zero-order valence-electron chi connectivity index (χ0n) is 16.0. The van der Waals surface area contributed by atoms with Gasteiger partial charge in [0, 0.05) is 67.7 Å². The van der Waals surface area contributed by atoms with Crippen LogP contribution in [0, 0.1) is 11.3 Å². The highest BCUT2D eigenvalue weighted by Gasteiger charge is 2.15. The van der Waals surface area contributed by atoms with E-state index in [1.807, 2.05) is 37.5 Å². The number of aromatic nitrogens is 6. The summed E-state index contributed by atoms with van der Waals surface area (Å²) in [6.45, 7) is 3.01. The maximum absolute atomic E-state index is 9.51. The second-order valence-electron chi connectivity index (χ2n) is 6.70. The first kappa shape index (κ1) is 17.7. The van der Waals surface area contributed by atoms with E-state index in [9.17, 15) is 5.26 Å². The van der Waals surface area contributed by atoms with Crippen LogP contribution in [0.25, 0.3) is 27.8 Å². The molecule has 0 N–H and O–H groups in total. The molecular weight excluding hydrogens is 352 g/mol. The summed E-state index contributed by atoms with van der Waals surface area (Å²) in [5.41, 5.74) is 4.88. The summed E-state index contributed by atoms with van der Waals surface area (Å²) in [6, 6.07) is 4.25. The van der Waals surface area contributed by atoms with Crippen LogP contribution in [0.3, 0.4) is 0 Å². The van der Waals surface area contributed by atoms with Crippen molar-refractivity contribution in [2.45, 2.75) is 13.3 Å². The third-order valence-electron chi connectivity index (χ3n) is 4.62. The van der Waals surface area contributed by atoms with Crippen LogP contribution >= 0.6 is 0 Å². The fraction of sp³-hybridized carbons (Fsp3) is 0.250. The van der Waals surface area contributed by atoms with Crippen molar-refractivity contribution >= 4 is 11.5 Å². The Balaban J connectivity index is 1.87. The van der Waals surface area contributed by atoms with Gasteiger partial charge in [0.25, 0.3) is 0 Å². The van der Waals surface area contributed by atoms with Gasteiger partial charge in [-0.1, -0.05) is 6.92 Å². The molecule has 0 radical (unpaired) electrons. The summed E-state index contributed by atoms with van der Waals surface area (Å²) in [5, 5.41) is 18.1. The van der Waals surface area contributed by atoms with E-state index in [0.717, 1.165) is 40.7 Å². The molecule has 0 aliphatic carbocycles. The number of pyridine rings is 1. The minimum atomic E-state index is 0.514. The molecule has 0 atom stereocenters. The van der Waals surface area contributed by atoms with Gasteiger partial charge >= 0.3 is 0 Å². The quantitative estimate of drug-likeness (QED) is 0.535. The summed E-state index contributed by atoms with van der Waals surface area (Å²) < 4.78 is 3.48. The molecule has 0 saturated heterocycles. The molecule has 8 heteroatoms. The summed E-state index contributed by atoms with van der Waals surface area (Å²) in [7, 11) is 3.86. The van der Waals surface area contributed by atoms with Gasteiger partial charge in [0.2, 0.25) is 5.95 Å². The van der Waals surface area contributed by atoms with E-state index in [-0.39, 0.29) is 0 Å². The molecule has 0 bridgehead atoms. The Morgan fingerprint density at radius 2 is 1.82 bits per heavy atom. The minimum Gasteiger partial charge on any atom is -0.344 e. The number of rotatable bonds is 5. The van der Waals surface area contributed by atoms with Crippen molar-refractivity contribution in [3.8, 4) is 28.3 Å². The lowest BCUT2D eigenvalue weighted by molar-refractivity contribution is 0.768. The first-order chi connectivity index (χ1) is 13.6. The Bertz CT molecular complexity index is 1160. The molecule has 0 amide bonds. The standard InChI is InChI=1S/C20H20N8/c1-4-5-26(2)20-22-8-16(9-23-20)18-6-14(17-11-24-27(3)12-17)13-28-19(18)15(7-21)10-25-28/h6,8-13H,4-5H2,1-3H3. The number of hydrogen-bond donors (Lipinski definition) is 0. The highest BCUT2D eigenvalue weighted by atomic mass is 15.2. The van der Waals surface area contributed by atoms with E-state index < -0.39 is 0 Å². The van der Waals surface area contributed by atoms with Crippen molar-refractivity contribution in [1.29, 1.82) is 5.26 Å². The molecule has 4 aromatic heterocycles. The summed E-state index contributed by atoms with van der Waals surface area (Å²) >= 11 is 0. The van der Waals surface area contributed by atoms with Crippen molar-refractivity contribution in [2.24, 2.45) is 7.05 Å². The third kappa shape index (κ3) is 3.07. The van der Waals surface area contributed by atoms with E-state index in [1.54, 1.807) is 34.0 Å². The smallest absolute Gasteiger partial charge is 0.225 e. The van der Waals surface area contributed by atoms with Gasteiger partial charge in [-0.2, -0.15) is 15.5 Å². The largest absolute Gasteiger partial charge is 0.344 e. The zero-order chi connectivity index (χ0) is 19.7. The van der Waals surface area contributed by atoms with Crippen molar-refractivity contribution in [1.82, 2.24) is 29.4 Å². The van der Waals surface area contributed by atoms with Gasteiger partial charge in [-0.15, -0.1) is 0 Å². The molecule has 4 heterocycles. The molecule has 28 heavy (non-hydrogen) atoms. The maximum atomic E-state index is 9.51. The van der Waals surface area contributed by atoms with Gasteiger partial charge in [0.05, 0.1) is 23.5 Å². The topological polar surface area (TPSA) is 87.9 Å². The Kier molecular flexibility index (Phi) is 4.49. The minimum absolute atomic E-state index is 0.514. The highest BCUT2D eigenvalue weighted by molar-refractivity contribution is 5.87. The van der Waals surface area contributed by atoms with E-state index in [1.165, 1.54) is 0 Å². The van der Waals surface area contributed by atoms with Crippen LogP contribution in [0.2, 0.25) is 0 Å². The molecule has 140 valence electrons. The highest BCUT2D eigenvalue weighted by Crippen LogP contribution is 2.31. The predicted octanol–water partition coefficient (Wildman–Crippen LogP) is 2.91. The second kappa shape index (κ2) is 7.12. The van der Waals surface area contributed by atoms with Crippen LogP contribution < -0.4 is 4.90 Å². The van der Waals surface area contributed by atoms with Gasteiger partial charge in [0.1, 0.15) is 6.07 Å². The Morgan fingerprint density at radius 1 is 1.04 bits per heavy atom. The average molecular weight is 372 g/mol. The van der Waals surface area contributed by atoms with Crippen molar-refractivity contribution in [2.75, 3.05) is 18.5 Å². The molecule has 0 unspecified atom stereocenters. The molecule has 0 fully saturated rings. The average Bonchev–Trinajstić information content (AvgIpc) is 3.33. The lowest BCUT2D eigenvalue weighted by Gasteiger charge is -2.16. The fourth-order valence-corrected chi connectivity index (χ4v) is 3.24. The number of aryl methyl sites for hydroxylation is 1. The van der Waals surface area contributed by atoms with Crippen LogP contribution in [0.5, 0.6) is 0 Å². The first-order valence-corrected chi connectivity index (χ1v) is 9.04. The Labute approximate surface area is 162 Å². The van der Waals surface area contributed by atoms with Gasteiger partial charge < -0.3 is 4.90 Å². The maximum Gasteiger partial charge on any atom is 0.225 e. The summed E-state index contributed by atoms with van der Waals surface area (Å²) in [6.07, 6.45) is 11.8. The van der Waals surface area contributed by atoms with Crippen LogP contribution in [-0.4, -0.2) is 43.0 Å². The van der Waals surface area contributed by atoms with Crippen LogP contribution in [0.15, 0.2) is 43.2 Å². The number of nitrogens with zero attached hydrogens (tertiary/aromatic N) is 8. The normalized spacial score (nSPS) is 10.9. The van der Waals surface area contributed by atoms with Crippen molar-refractivity contribution < 1.29 is 0 Å². The van der Waals surface area contributed by atoms with Crippen LogP contribution in [-0.2, 0) is 7.05 Å². The molecule has 4 rings (SSSR count). The van der Waals surface area contributed by atoms with Crippen molar-refractivity contribution in [3.05, 3.63) is 48.8 Å².